The van der Waals surface area contributed by atoms with Crippen molar-refractivity contribution in [2.45, 2.75) is 58.3 Å². The van der Waals surface area contributed by atoms with Gasteiger partial charge < -0.3 is 0 Å². The average molecular weight is 259 g/mol. The maximum absolute atomic E-state index is 2.40. The number of fused-ring (bicyclic) bond motifs is 1. The lowest BCUT2D eigenvalue weighted by Gasteiger charge is -2.02. The van der Waals surface area contributed by atoms with Crippen LogP contribution in [0.25, 0.3) is 6.08 Å². The van der Waals surface area contributed by atoms with Gasteiger partial charge in [0.25, 0.3) is 0 Å². The summed E-state index contributed by atoms with van der Waals surface area (Å²) in [7, 11) is 1.46. The van der Waals surface area contributed by atoms with Gasteiger partial charge in [-0.05, 0) is 43.7 Å². The third-order valence-corrected chi connectivity index (χ3v) is 4.85. The molecule has 1 radical (unpaired) electrons. The molecule has 0 bridgehead atoms. The Balaban J connectivity index is 1.59. The number of allylic oxidation sites excluding steroid dienone is 1. The molecule has 0 unspecified atom stereocenters. The lowest BCUT2D eigenvalue weighted by Crippen LogP contribution is -1.92. The fourth-order valence-corrected chi connectivity index (χ4v) is 3.68. The van der Waals surface area contributed by atoms with E-state index in [-0.39, 0.29) is 0 Å². The molecule has 0 spiro atoms. The molecule has 1 heterocycles. The average Bonchev–Trinajstić information content (AvgIpc) is 2.80. The highest BCUT2D eigenvalue weighted by Gasteiger charge is 2.11. The van der Waals surface area contributed by atoms with E-state index in [0.29, 0.717) is 0 Å². The molecule has 1 aromatic rings. The molecular weight excluding hydrogens is 235 g/mol. The van der Waals surface area contributed by atoms with Gasteiger partial charge in [-0.1, -0.05) is 69.7 Å². The number of unbranched alkanes of at least 4 members (excludes halogenated alkanes) is 6. The first-order chi connectivity index (χ1) is 8.90. The summed E-state index contributed by atoms with van der Waals surface area (Å²) in [5.74, 6) is 0. The van der Waals surface area contributed by atoms with Gasteiger partial charge in [-0.25, -0.2) is 0 Å². The Morgan fingerprint density at radius 2 is 1.61 bits per heavy atom. The van der Waals surface area contributed by atoms with Gasteiger partial charge in [-0.2, -0.15) is 0 Å². The third-order valence-electron chi connectivity index (χ3n) is 3.56. The summed E-state index contributed by atoms with van der Waals surface area (Å²) in [5, 5.41) is 3.11. The molecule has 0 atom stereocenters. The molecule has 0 amide bonds. The maximum atomic E-state index is 2.40. The smallest absolute Gasteiger partial charge is 0.00769 e. The van der Waals surface area contributed by atoms with E-state index in [1.165, 1.54) is 70.8 Å². The Morgan fingerprint density at radius 3 is 2.39 bits per heavy atom. The van der Waals surface area contributed by atoms with Gasteiger partial charge in [0.05, 0.1) is 0 Å². The Kier molecular flexibility index (Phi) is 5.94. The SMILES string of the molecule is CCCCCCCCCC1=Cc2ccccc2[P]1. The summed E-state index contributed by atoms with van der Waals surface area (Å²) in [4.78, 5) is 0. The van der Waals surface area contributed by atoms with Crippen molar-refractivity contribution in [3.05, 3.63) is 35.1 Å². The van der Waals surface area contributed by atoms with Crippen LogP contribution < -0.4 is 5.30 Å². The van der Waals surface area contributed by atoms with Gasteiger partial charge >= 0.3 is 0 Å². The van der Waals surface area contributed by atoms with Gasteiger partial charge in [-0.15, -0.1) is 0 Å². The van der Waals surface area contributed by atoms with E-state index < -0.39 is 0 Å². The van der Waals surface area contributed by atoms with Gasteiger partial charge in [0.1, 0.15) is 0 Å². The van der Waals surface area contributed by atoms with Crippen LogP contribution in [-0.2, 0) is 0 Å². The second-order valence-electron chi connectivity index (χ2n) is 5.18. The highest BCUT2D eigenvalue weighted by Crippen LogP contribution is 2.36. The molecule has 0 aliphatic carbocycles. The summed E-state index contributed by atoms with van der Waals surface area (Å²) < 4.78 is 0. The van der Waals surface area contributed by atoms with Gasteiger partial charge in [0, 0.05) is 0 Å². The molecule has 1 aliphatic rings. The predicted molar refractivity (Wildman–Crippen MR) is 83.6 cm³/mol. The van der Waals surface area contributed by atoms with Gasteiger partial charge in [0.2, 0.25) is 0 Å². The van der Waals surface area contributed by atoms with Crippen LogP contribution in [0.5, 0.6) is 0 Å². The van der Waals surface area contributed by atoms with Crippen molar-refractivity contribution in [1.82, 2.24) is 0 Å². The van der Waals surface area contributed by atoms with Crippen LogP contribution in [0, 0.1) is 0 Å². The van der Waals surface area contributed by atoms with Crippen LogP contribution in [-0.4, -0.2) is 0 Å². The maximum Gasteiger partial charge on any atom is -0.00769 e. The molecule has 1 heteroatoms. The summed E-state index contributed by atoms with van der Waals surface area (Å²) >= 11 is 0. The van der Waals surface area contributed by atoms with Crippen LogP contribution in [0.2, 0.25) is 0 Å². The number of rotatable bonds is 8. The molecule has 1 aliphatic heterocycles. The van der Waals surface area contributed by atoms with E-state index in [1.54, 1.807) is 5.31 Å². The van der Waals surface area contributed by atoms with E-state index in [0.717, 1.165) is 0 Å². The van der Waals surface area contributed by atoms with E-state index in [1.807, 2.05) is 0 Å². The van der Waals surface area contributed by atoms with Crippen molar-refractivity contribution in [3.63, 3.8) is 0 Å². The lowest BCUT2D eigenvalue weighted by molar-refractivity contribution is 0.591. The highest BCUT2D eigenvalue weighted by molar-refractivity contribution is 7.53. The molecule has 97 valence electrons. The normalized spacial score (nSPS) is 14.8. The Bertz CT molecular complexity index is 392. The molecule has 18 heavy (non-hydrogen) atoms. The molecular formula is C17H24P. The zero-order chi connectivity index (χ0) is 12.6. The summed E-state index contributed by atoms with van der Waals surface area (Å²) in [6.45, 7) is 2.28. The fourth-order valence-electron chi connectivity index (χ4n) is 2.47. The van der Waals surface area contributed by atoms with Crippen molar-refractivity contribution in [1.29, 1.82) is 0 Å². The molecule has 0 N–H and O–H groups in total. The zero-order valence-corrected chi connectivity index (χ0v) is 12.4. The van der Waals surface area contributed by atoms with Crippen molar-refractivity contribution in [2.24, 2.45) is 0 Å². The van der Waals surface area contributed by atoms with Crippen molar-refractivity contribution in [2.75, 3.05) is 0 Å². The molecule has 1 aromatic carbocycles. The summed E-state index contributed by atoms with van der Waals surface area (Å²) in [6.07, 6.45) is 13.5. The molecule has 2 rings (SSSR count). The number of benzene rings is 1. The van der Waals surface area contributed by atoms with Crippen molar-refractivity contribution >= 4 is 20.0 Å². The quantitative estimate of drug-likeness (QED) is 0.411. The van der Waals surface area contributed by atoms with Crippen LogP contribution in [0.1, 0.15) is 63.9 Å². The largest absolute Gasteiger partial charge is 0.0654 e. The van der Waals surface area contributed by atoms with E-state index in [4.69, 9.17) is 0 Å². The van der Waals surface area contributed by atoms with E-state index in [2.05, 4.69) is 37.3 Å². The Labute approximate surface area is 114 Å². The van der Waals surface area contributed by atoms with E-state index >= 15 is 0 Å². The lowest BCUT2D eigenvalue weighted by atomic mass is 10.1. The van der Waals surface area contributed by atoms with E-state index in [9.17, 15) is 0 Å². The van der Waals surface area contributed by atoms with Crippen LogP contribution in [0.15, 0.2) is 29.6 Å². The first-order valence-corrected chi connectivity index (χ1v) is 8.31. The first-order valence-electron chi connectivity index (χ1n) is 7.41. The molecule has 0 saturated carbocycles. The summed E-state index contributed by atoms with van der Waals surface area (Å²) in [6, 6.07) is 8.78. The standard InChI is InChI=1S/C17H24P/c1-2-3-4-5-6-7-8-12-16-14-15-11-9-10-13-17(15)18-16/h9-11,13-14H,2-8,12H2,1H3. The first kappa shape index (κ1) is 13.8. The minimum atomic E-state index is 1.30. The van der Waals surface area contributed by atoms with Crippen molar-refractivity contribution in [3.8, 4) is 0 Å². The van der Waals surface area contributed by atoms with Crippen molar-refractivity contribution < 1.29 is 0 Å². The highest BCUT2D eigenvalue weighted by atomic mass is 31.1. The minimum Gasteiger partial charge on any atom is -0.0654 e. The third kappa shape index (κ3) is 4.25. The molecule has 0 fully saturated rings. The predicted octanol–water partition coefficient (Wildman–Crippen LogP) is 5.75. The minimum absolute atomic E-state index is 1.30. The number of hydrogen-bond donors (Lipinski definition) is 0. The topological polar surface area (TPSA) is 0 Å². The molecule has 0 saturated heterocycles. The fraction of sp³-hybridized carbons (Fsp3) is 0.529. The Hall–Kier alpha value is -0.610. The molecule has 0 aromatic heterocycles. The van der Waals surface area contributed by atoms with Gasteiger partial charge in [-0.3, -0.25) is 0 Å². The second-order valence-corrected chi connectivity index (χ2v) is 6.46. The van der Waals surface area contributed by atoms with Gasteiger partial charge in [0.15, 0.2) is 0 Å². The Morgan fingerprint density at radius 1 is 0.889 bits per heavy atom. The van der Waals surface area contributed by atoms with Crippen LogP contribution in [0.4, 0.5) is 0 Å². The van der Waals surface area contributed by atoms with Crippen LogP contribution in [0.3, 0.4) is 0 Å². The monoisotopic (exact) mass is 259 g/mol. The van der Waals surface area contributed by atoms with Crippen LogP contribution >= 0.6 is 8.58 Å². The second kappa shape index (κ2) is 7.74. The molecule has 0 nitrogen and oxygen atoms in total. The zero-order valence-electron chi connectivity index (χ0n) is 11.5. The number of hydrogen-bond acceptors (Lipinski definition) is 0. The summed E-state index contributed by atoms with van der Waals surface area (Å²) in [5.41, 5.74) is 1.44.